The normalized spacial score (nSPS) is 20.5. The highest BCUT2D eigenvalue weighted by molar-refractivity contribution is 14.0. The van der Waals surface area contributed by atoms with E-state index in [0.717, 1.165) is 56.1 Å². The fraction of sp³-hybridized carbons (Fsp3) is 0.737. The Morgan fingerprint density at radius 2 is 2.31 bits per heavy atom. The van der Waals surface area contributed by atoms with E-state index in [0.29, 0.717) is 6.04 Å². The molecule has 7 heteroatoms. The lowest BCUT2D eigenvalue weighted by Crippen LogP contribution is -2.46. The predicted octanol–water partition coefficient (Wildman–Crippen LogP) is 4.08. The van der Waals surface area contributed by atoms with Gasteiger partial charge in [0.05, 0.1) is 6.26 Å². The highest BCUT2D eigenvalue weighted by atomic mass is 127. The van der Waals surface area contributed by atoms with Crippen LogP contribution in [0.1, 0.15) is 44.8 Å². The molecule has 0 aromatic carbocycles. The second kappa shape index (κ2) is 14.6. The van der Waals surface area contributed by atoms with Crippen molar-refractivity contribution in [2.75, 3.05) is 32.6 Å². The molecule has 2 rings (SSSR count). The molecule has 0 bridgehead atoms. The van der Waals surface area contributed by atoms with Crippen LogP contribution in [0.25, 0.3) is 0 Å². The van der Waals surface area contributed by atoms with E-state index in [-0.39, 0.29) is 24.0 Å². The Bertz CT molecular complexity index is 485. The second-order valence-electron chi connectivity index (χ2n) is 6.40. The third-order valence-corrected chi connectivity index (χ3v) is 5.56. The van der Waals surface area contributed by atoms with Gasteiger partial charge < -0.3 is 19.8 Å². The van der Waals surface area contributed by atoms with Gasteiger partial charge in [0.1, 0.15) is 5.76 Å². The van der Waals surface area contributed by atoms with E-state index in [2.05, 4.69) is 16.9 Å². The summed E-state index contributed by atoms with van der Waals surface area (Å²) in [7, 11) is 0. The van der Waals surface area contributed by atoms with Crippen LogP contribution in [0.5, 0.6) is 0 Å². The highest BCUT2D eigenvalue weighted by Crippen LogP contribution is 2.26. The summed E-state index contributed by atoms with van der Waals surface area (Å²) >= 11 is 1.99. The Balaban J connectivity index is 0.00000338. The fourth-order valence-electron chi connectivity index (χ4n) is 3.10. The molecule has 0 aliphatic heterocycles. The highest BCUT2D eigenvalue weighted by Gasteiger charge is 2.21. The van der Waals surface area contributed by atoms with E-state index in [1.54, 1.807) is 6.26 Å². The Hall–Kier alpha value is -0.410. The number of nitrogens with zero attached hydrogens (tertiary/aromatic N) is 1. The van der Waals surface area contributed by atoms with Crippen molar-refractivity contribution in [2.45, 2.75) is 56.7 Å². The molecule has 0 radical (unpaired) electrons. The quantitative estimate of drug-likeness (QED) is 0.222. The number of furan rings is 1. The van der Waals surface area contributed by atoms with E-state index in [4.69, 9.17) is 14.1 Å². The molecule has 1 fully saturated rings. The van der Waals surface area contributed by atoms with Crippen molar-refractivity contribution in [1.82, 2.24) is 10.6 Å². The lowest BCUT2D eigenvalue weighted by atomic mass is 9.95. The number of aliphatic imine (C=N–C) groups is 1. The Labute approximate surface area is 179 Å². The minimum absolute atomic E-state index is 0. The number of ether oxygens (including phenoxy) is 1. The maximum Gasteiger partial charge on any atom is 0.191 e. The largest absolute Gasteiger partial charge is 0.469 e. The smallest absolute Gasteiger partial charge is 0.191 e. The van der Waals surface area contributed by atoms with Crippen LogP contribution in [-0.4, -0.2) is 49.8 Å². The molecular weight excluding hydrogens is 461 g/mol. The van der Waals surface area contributed by atoms with Gasteiger partial charge in [0.25, 0.3) is 0 Å². The van der Waals surface area contributed by atoms with Crippen LogP contribution in [0.2, 0.25) is 0 Å². The van der Waals surface area contributed by atoms with Crippen molar-refractivity contribution < 1.29 is 9.15 Å². The molecule has 1 saturated carbocycles. The molecule has 150 valence electrons. The number of halogens is 1. The molecule has 1 aliphatic carbocycles. The molecule has 2 unspecified atom stereocenters. The van der Waals surface area contributed by atoms with E-state index >= 15 is 0 Å². The maximum absolute atomic E-state index is 5.40. The number of nitrogens with one attached hydrogen (secondary N) is 2. The van der Waals surface area contributed by atoms with Crippen LogP contribution in [0.3, 0.4) is 0 Å². The zero-order chi connectivity index (χ0) is 17.7. The van der Waals surface area contributed by atoms with Gasteiger partial charge in [-0.25, -0.2) is 0 Å². The van der Waals surface area contributed by atoms with Gasteiger partial charge in [-0.15, -0.1) is 24.0 Å². The monoisotopic (exact) mass is 495 g/mol. The maximum atomic E-state index is 5.40. The van der Waals surface area contributed by atoms with Gasteiger partial charge in [-0.3, -0.25) is 4.99 Å². The van der Waals surface area contributed by atoms with Gasteiger partial charge in [-0.1, -0.05) is 6.42 Å². The molecule has 1 aromatic rings. The summed E-state index contributed by atoms with van der Waals surface area (Å²) in [6.07, 6.45) is 10.9. The number of hydrogen-bond acceptors (Lipinski definition) is 4. The van der Waals surface area contributed by atoms with Crippen LogP contribution in [0, 0.1) is 0 Å². The number of thioether (sulfide) groups is 1. The van der Waals surface area contributed by atoms with Crippen LogP contribution in [-0.2, 0) is 11.2 Å². The Morgan fingerprint density at radius 1 is 1.42 bits per heavy atom. The first kappa shape index (κ1) is 23.6. The molecule has 1 aliphatic rings. The molecule has 0 saturated heterocycles. The minimum atomic E-state index is 0. The average Bonchev–Trinajstić information content (AvgIpc) is 3.15. The van der Waals surface area contributed by atoms with Gasteiger partial charge in [-0.2, -0.15) is 11.8 Å². The summed E-state index contributed by atoms with van der Waals surface area (Å²) < 4.78 is 10.8. The van der Waals surface area contributed by atoms with Gasteiger partial charge in [0.15, 0.2) is 5.96 Å². The zero-order valence-corrected chi connectivity index (χ0v) is 19.2. The second-order valence-corrected chi connectivity index (χ2v) is 7.54. The SMILES string of the molecule is CCOCCCN=C(NCCc1ccco1)NC1CCCC(SC)C1.I. The van der Waals surface area contributed by atoms with Crippen molar-refractivity contribution in [3.63, 3.8) is 0 Å². The lowest BCUT2D eigenvalue weighted by molar-refractivity contribution is 0.146. The standard InChI is InChI=1S/C19H33N3O2S.HI/c1-3-23-13-6-11-20-19(21-12-10-17-8-5-14-24-17)22-16-7-4-9-18(15-16)25-2;/h5,8,14,16,18H,3-4,6-7,9-13,15H2,1-2H3,(H2,20,21,22);1H. The van der Waals surface area contributed by atoms with Crippen LogP contribution in [0.4, 0.5) is 0 Å². The minimum Gasteiger partial charge on any atom is -0.469 e. The van der Waals surface area contributed by atoms with Gasteiger partial charge in [-0.05, 0) is 51.0 Å². The van der Waals surface area contributed by atoms with E-state index < -0.39 is 0 Å². The molecule has 0 amide bonds. The summed E-state index contributed by atoms with van der Waals surface area (Å²) in [6, 6.07) is 4.46. The molecular formula is C19H34IN3O2S. The number of guanidine groups is 1. The molecule has 0 spiro atoms. The summed E-state index contributed by atoms with van der Waals surface area (Å²) in [6.45, 7) is 5.18. The Morgan fingerprint density at radius 3 is 3.04 bits per heavy atom. The molecule has 2 N–H and O–H groups in total. The van der Waals surface area contributed by atoms with Crippen molar-refractivity contribution >= 4 is 41.7 Å². The topological polar surface area (TPSA) is 58.8 Å². The predicted molar refractivity (Wildman–Crippen MR) is 122 cm³/mol. The molecule has 5 nitrogen and oxygen atoms in total. The van der Waals surface area contributed by atoms with Crippen LogP contribution in [0.15, 0.2) is 27.8 Å². The first-order chi connectivity index (χ1) is 12.3. The van der Waals surface area contributed by atoms with Crippen LogP contribution >= 0.6 is 35.7 Å². The van der Waals surface area contributed by atoms with Crippen molar-refractivity contribution in [2.24, 2.45) is 4.99 Å². The molecule has 1 heterocycles. The third kappa shape index (κ3) is 9.50. The zero-order valence-electron chi connectivity index (χ0n) is 16.0. The first-order valence-electron chi connectivity index (χ1n) is 9.49. The summed E-state index contributed by atoms with van der Waals surface area (Å²) in [5, 5.41) is 7.88. The van der Waals surface area contributed by atoms with Crippen molar-refractivity contribution in [3.8, 4) is 0 Å². The molecule has 2 atom stereocenters. The summed E-state index contributed by atoms with van der Waals surface area (Å²) in [4.78, 5) is 4.74. The average molecular weight is 495 g/mol. The molecule has 26 heavy (non-hydrogen) atoms. The van der Waals surface area contributed by atoms with Crippen LogP contribution < -0.4 is 10.6 Å². The number of rotatable bonds is 10. The third-order valence-electron chi connectivity index (χ3n) is 4.47. The van der Waals surface area contributed by atoms with Crippen molar-refractivity contribution in [3.05, 3.63) is 24.2 Å². The number of hydrogen-bond donors (Lipinski definition) is 2. The summed E-state index contributed by atoms with van der Waals surface area (Å²) in [5.41, 5.74) is 0. The summed E-state index contributed by atoms with van der Waals surface area (Å²) in [5.74, 6) is 1.93. The van der Waals surface area contributed by atoms with Gasteiger partial charge in [0, 0.05) is 44.0 Å². The lowest BCUT2D eigenvalue weighted by Gasteiger charge is -2.30. The van der Waals surface area contributed by atoms with E-state index in [9.17, 15) is 0 Å². The Kier molecular flexibility index (Phi) is 13.3. The van der Waals surface area contributed by atoms with E-state index in [1.807, 2.05) is 30.8 Å². The van der Waals surface area contributed by atoms with Crippen molar-refractivity contribution in [1.29, 1.82) is 0 Å². The van der Waals surface area contributed by atoms with Gasteiger partial charge >= 0.3 is 0 Å². The van der Waals surface area contributed by atoms with E-state index in [1.165, 1.54) is 25.7 Å². The fourth-order valence-corrected chi connectivity index (χ4v) is 3.92. The molecule has 1 aromatic heterocycles. The van der Waals surface area contributed by atoms with Gasteiger partial charge in [0.2, 0.25) is 0 Å². The first-order valence-corrected chi connectivity index (χ1v) is 10.8.